The molecule has 5 radical (unpaired) electrons. The summed E-state index contributed by atoms with van der Waals surface area (Å²) >= 11 is 0. The van der Waals surface area contributed by atoms with E-state index in [0.29, 0.717) is 80.3 Å². The van der Waals surface area contributed by atoms with Crippen molar-refractivity contribution in [2.45, 2.75) is 214 Å². The smallest absolute Gasteiger partial charge is 0.333 e. The number of aliphatic hydroxyl groups is 9. The number of nitrogens with zero attached hydrogens (tertiary/aromatic N) is 1. The Morgan fingerprint density at radius 2 is 0.897 bits per heavy atom. The minimum Gasteiger partial charge on any atom is -0.479 e. The number of likely N-dealkylation sites (N-methyl/N-ethyl adjacent to an activating group) is 1. The first-order valence-electron chi connectivity index (χ1n) is 33.7. The molecule has 0 spiro atoms. The number of carboxylic acid groups (broad SMARTS) is 2. The molecule has 6 aliphatic rings. The largest absolute Gasteiger partial charge is 0.479 e. The van der Waals surface area contributed by atoms with E-state index in [2.05, 4.69) is 82.5 Å². The van der Waals surface area contributed by atoms with Gasteiger partial charge in [-0.3, -0.25) is 4.79 Å². The number of methoxy groups -OCH3 is 2. The fourth-order valence-corrected chi connectivity index (χ4v) is 12.3. The van der Waals surface area contributed by atoms with Crippen LogP contribution in [-0.4, -0.2) is 278 Å². The fraction of sp³-hybridized carbons (Fsp3) is 0.937. The van der Waals surface area contributed by atoms with E-state index in [9.17, 15) is 34.1 Å². The van der Waals surface area contributed by atoms with Crippen LogP contribution in [0.5, 0.6) is 0 Å². The molecule has 6 heterocycles. The van der Waals surface area contributed by atoms with Gasteiger partial charge in [-0.1, -0.05) is 90.5 Å². The molecule has 0 aliphatic carbocycles. The van der Waals surface area contributed by atoms with Gasteiger partial charge in [-0.05, 0) is 91.9 Å². The van der Waals surface area contributed by atoms with Crippen LogP contribution in [0.15, 0.2) is 0 Å². The summed E-state index contributed by atoms with van der Waals surface area (Å²) < 4.78 is 94.3. The topological polar surface area (TPSA) is 394 Å². The van der Waals surface area contributed by atoms with Crippen molar-refractivity contribution in [3.05, 3.63) is 11.4 Å². The van der Waals surface area contributed by atoms with Crippen LogP contribution in [-0.2, 0) is 61.3 Å². The third-order valence-corrected chi connectivity index (χ3v) is 20.6. The summed E-state index contributed by atoms with van der Waals surface area (Å²) in [5.74, 6) is 1.13. The van der Waals surface area contributed by atoms with Crippen LogP contribution in [0.3, 0.4) is 0 Å². The third kappa shape index (κ3) is 37.0. The molecule has 6 rings (SSSR count). The summed E-state index contributed by atoms with van der Waals surface area (Å²) in [6.45, 7) is 38.0. The van der Waals surface area contributed by atoms with Gasteiger partial charge in [-0.25, -0.2) is 20.6 Å². The molecule has 0 aromatic heterocycles. The molecule has 13 N–H and O–H groups in total. The maximum atomic E-state index is 12.0. The van der Waals surface area contributed by atoms with E-state index in [1.807, 2.05) is 41.4 Å². The molecule has 0 saturated carbocycles. The second kappa shape index (κ2) is 59.5. The quantitative estimate of drug-likeness (QED) is 0.0502. The van der Waals surface area contributed by atoms with E-state index in [1.54, 1.807) is 6.92 Å². The first kappa shape index (κ1) is 104. The standard InChI is InChI=1S/C15H28NO4P.C12H20FNO4.C11H21NO3.C11H22O2.C7H14O5.C6H12O6.CH4.5Ac/c1-11-12(2)14(9-17-5)20-15(13(11)3)10-19-21(6)18-8-7-16-4;1-6-7(2)9(5-14-10(15)4-13)18-11(8(6)3)12(16)17;1-6-7(2)9(5-12-4)15-10(8(6)3)11(13)14;1-7-8(2)10(4)13-11(6-12-5)9(7)3;1-3-5(9)7(11)6(10)4(2-8)12-3;7-1-2-3(8)4(9)5(10)6(11)12-2;;;;;;/h11-15H,7-10H2,1-3,5-6H3;6-9,11H,4-5H2,1-3H3,(H,14,15)(H,16,17);6-10,12H,5H2,1-4H3,(H,13,14);7-11H,6H2,1-5H3;3-11H,2H2,1H3;2-11H,1H2;1H4;;;;;/t11-,12-,13+,14?,15-,21?;6-,7-,8+,9+,11-;6-,7-,8+,9?,10+;7-,8-,9+,10-,11?;3-,4?,5-,6+,7+;2?,3-,4+,5-,6-;;;;;;/m000101....../s1/i5TD;;;5TD;;;;;;;;/t5?,11-,12-,13+,14?,15-,21?;;m;5?,7-,8-,9+,10-,11?;;;;;;;;. The molecule has 0 aromatic rings. The van der Waals surface area contributed by atoms with Gasteiger partial charge in [-0.15, -0.1) is 0 Å². The van der Waals surface area contributed by atoms with Crippen molar-refractivity contribution in [3.8, 4) is 0 Å². The van der Waals surface area contributed by atoms with Gasteiger partial charge < -0.3 is 119 Å². The molecular formula is C63H121Ac5FN3O24P. The van der Waals surface area contributed by atoms with Crippen molar-refractivity contribution in [1.29, 1.82) is 0 Å². The number of halogens is 1. The first-order valence-corrected chi connectivity index (χ1v) is 33.0. The van der Waals surface area contributed by atoms with Crippen molar-refractivity contribution < 1.29 is 348 Å². The molecule has 559 valence electrons. The minimum atomic E-state index is -1.57. The van der Waals surface area contributed by atoms with Crippen molar-refractivity contribution in [3.63, 3.8) is 0 Å². The predicted octanol–water partition coefficient (Wildman–Crippen LogP) is 2.59. The van der Waals surface area contributed by atoms with Crippen LogP contribution >= 0.6 is 8.38 Å². The van der Waals surface area contributed by atoms with Gasteiger partial charge in [-0.2, -0.15) is 0 Å². The van der Waals surface area contributed by atoms with Gasteiger partial charge in [0.15, 0.2) is 33.5 Å². The van der Waals surface area contributed by atoms with Crippen LogP contribution in [0.25, 0.3) is 4.85 Å². The zero-order valence-corrected chi connectivity index (χ0v) is 83.6. The van der Waals surface area contributed by atoms with Gasteiger partial charge in [0.25, 0.3) is 5.91 Å². The monoisotopic (exact) mass is 2490 g/mol. The molecule has 8 unspecified atom stereocenters. The van der Waals surface area contributed by atoms with Crippen LogP contribution in [0.4, 0.5) is 4.39 Å². The van der Waals surface area contributed by atoms with Gasteiger partial charge >= 0.3 is 11.9 Å². The number of carbonyl (C=O) groups is 3. The summed E-state index contributed by atoms with van der Waals surface area (Å²) in [5.41, 5.74) is 0. The number of aliphatic hydroxyl groups excluding tert-OH is 9. The summed E-state index contributed by atoms with van der Waals surface area (Å²) in [6.07, 6.45) is -13.8. The van der Waals surface area contributed by atoms with Gasteiger partial charge in [0.05, 0.1) is 81.2 Å². The number of carbonyl (C=O) groups excluding carboxylic acids is 1. The number of aliphatic carboxylic acids is 2. The predicted molar refractivity (Wildman–Crippen MR) is 341 cm³/mol. The molecule has 34 heteroatoms. The number of amides is 1. The summed E-state index contributed by atoms with van der Waals surface area (Å²) in [4.78, 5) is 36.2. The molecule has 1 amide bonds. The Morgan fingerprint density at radius 3 is 1.31 bits per heavy atom. The number of alkyl halides is 1. The minimum absolute atomic E-state index is 0. The van der Waals surface area contributed by atoms with Gasteiger partial charge in [0.1, 0.15) is 55.4 Å². The van der Waals surface area contributed by atoms with Crippen LogP contribution in [0.2, 0.25) is 0 Å². The summed E-state index contributed by atoms with van der Waals surface area (Å²) in [6, 6.07) is 0. The normalized spacial score (nSPS) is 40.2. The Bertz CT molecular complexity index is 2170. The van der Waals surface area contributed by atoms with Crippen LogP contribution < -0.4 is 10.6 Å². The Morgan fingerprint density at radius 1 is 0.515 bits per heavy atom. The molecule has 6 saturated heterocycles. The Labute approximate surface area is 763 Å². The molecule has 97 heavy (non-hydrogen) atoms. The average molecular weight is 2500 g/mol. The first-order chi connectivity index (χ1) is 44.3. The van der Waals surface area contributed by atoms with Crippen molar-refractivity contribution in [1.82, 2.24) is 10.6 Å². The molecule has 0 aromatic carbocycles. The maximum Gasteiger partial charge on any atom is 0.333 e. The van der Waals surface area contributed by atoms with E-state index in [-0.39, 0.29) is 302 Å². The van der Waals surface area contributed by atoms with E-state index < -0.39 is 133 Å². The second-order valence-electron chi connectivity index (χ2n) is 25.1. The van der Waals surface area contributed by atoms with E-state index in [0.717, 1.165) is 0 Å². The molecule has 33 atom stereocenters. The van der Waals surface area contributed by atoms with Crippen molar-refractivity contribution in [2.75, 3.05) is 93.8 Å². The maximum absolute atomic E-state index is 12.0. The zero-order valence-electron chi connectivity index (χ0n) is 62.9. The van der Waals surface area contributed by atoms with Gasteiger partial charge in [0, 0.05) is 254 Å². The number of ether oxygens (including phenoxy) is 8. The number of carboxylic acids is 2. The SMILES string of the molecule is C.CNCC1O[C@@H](C(=O)O)[C@H](C)[C@@H](C)[C@@H]1C.C[C@@H]1OC(CO)[C@@H](O)[C@H](O)[C@H]1O.C[C@@H]1[C@@H](C)[C@@H](C(=O)O)O[C@H](CNC(=O)CF)[C@H]1C.OCC1O[C@@H](O)[C@H](O)[C@@H](O)[C@@H]1O.[2H]C([3H])OCC1O[C@@H](COP(C)OCC[N+]#[C-])[C@H](C)[C@@H](C)[C@@H]1C.[2H]C([3H])OCC1O[C@H](C)[C@H](C)[C@@H](C)[C@@H]1C.[Ac].[Ac].[Ac].[Ac].[Ac]. The molecule has 27 nitrogen and oxygen atoms in total. The molecular weight excluding hydrogens is 2370 g/mol. The number of hydrogen-bond acceptors (Lipinski definition) is 23. The van der Waals surface area contributed by atoms with E-state index in [4.69, 9.17) is 95.1 Å². The van der Waals surface area contributed by atoms with E-state index >= 15 is 0 Å². The number of hydrogen-bond donors (Lipinski definition) is 13. The fourth-order valence-electron chi connectivity index (χ4n) is 11.5. The second-order valence-corrected chi connectivity index (χ2v) is 26.5. The molecule has 0 bridgehead atoms. The average Bonchev–Trinajstić information content (AvgIpc) is 0.862. The third-order valence-electron chi connectivity index (χ3n) is 19.6. The van der Waals surface area contributed by atoms with Crippen molar-refractivity contribution in [2.24, 2.45) is 71.0 Å². The number of nitrogens with one attached hydrogen (secondary N) is 2. The van der Waals surface area contributed by atoms with E-state index in [1.165, 1.54) is 0 Å². The summed E-state index contributed by atoms with van der Waals surface area (Å²) in [7, 11) is -1.64. The van der Waals surface area contributed by atoms with Crippen LogP contribution in [0.1, 0.15) is 110 Å². The Balaban J connectivity index is -0.000000268. The van der Waals surface area contributed by atoms with Crippen molar-refractivity contribution >= 4 is 26.2 Å². The van der Waals surface area contributed by atoms with Gasteiger partial charge in [0.2, 0.25) is 6.54 Å². The summed E-state index contributed by atoms with van der Waals surface area (Å²) in [5, 5.41) is 105. The Kier molecular flexibility index (Phi) is 63.6. The Hall–Kier alpha value is 4.67. The number of rotatable bonds is 19. The molecule has 6 aliphatic heterocycles. The van der Waals surface area contributed by atoms with Crippen LogP contribution in [0, 0.1) is 298 Å². The zero-order chi connectivity index (χ0) is 73.0. The molecule has 6 fully saturated rings.